The Bertz CT molecular complexity index is 990. The molecule has 0 saturated carbocycles. The normalized spacial score (nSPS) is 19.4. The molecule has 1 fully saturated rings. The van der Waals surface area contributed by atoms with Gasteiger partial charge in [-0.1, -0.05) is 18.2 Å². The minimum absolute atomic E-state index is 0.0885. The van der Waals surface area contributed by atoms with Crippen LogP contribution in [0.25, 0.3) is 0 Å². The van der Waals surface area contributed by atoms with Crippen molar-refractivity contribution in [3.8, 4) is 6.07 Å². The van der Waals surface area contributed by atoms with Crippen molar-refractivity contribution in [3.63, 3.8) is 0 Å². The van der Waals surface area contributed by atoms with Crippen LogP contribution in [-0.2, 0) is 13.8 Å². The highest BCUT2D eigenvalue weighted by atomic mass is 31.2. The number of aromatic nitrogens is 2. The van der Waals surface area contributed by atoms with Crippen molar-refractivity contribution in [1.82, 2.24) is 9.55 Å². The highest BCUT2D eigenvalue weighted by Crippen LogP contribution is 2.41. The summed E-state index contributed by atoms with van der Waals surface area (Å²) in [6, 6.07) is 10.7. The van der Waals surface area contributed by atoms with Crippen molar-refractivity contribution in [2.24, 2.45) is 9.98 Å². The van der Waals surface area contributed by atoms with E-state index in [9.17, 15) is 9.69 Å². The number of imidazole rings is 1. The van der Waals surface area contributed by atoms with Gasteiger partial charge in [0.05, 0.1) is 38.0 Å². The number of nitrogens with one attached hydrogen (secondary N) is 1. The molecular weight excluding hydrogens is 435 g/mol. The van der Waals surface area contributed by atoms with Crippen LogP contribution in [0.2, 0.25) is 0 Å². The lowest BCUT2D eigenvalue weighted by Gasteiger charge is -2.18. The molecule has 3 rings (SSSR count). The summed E-state index contributed by atoms with van der Waals surface area (Å²) in [6.07, 6.45) is 4.65. The maximum absolute atomic E-state index is 12.3. The predicted molar refractivity (Wildman–Crippen MR) is 118 cm³/mol. The topological polar surface area (TPSA) is 143 Å². The second-order valence-electron chi connectivity index (χ2n) is 6.53. The fraction of sp³-hybridized carbons (Fsp3) is 0.350. The lowest BCUT2D eigenvalue weighted by atomic mass is 10.2. The van der Waals surface area contributed by atoms with Gasteiger partial charge in [-0.05, 0) is 18.6 Å². The number of hydrogen-bond acceptors (Lipinski definition) is 8. The van der Waals surface area contributed by atoms with Gasteiger partial charge in [0.15, 0.2) is 6.29 Å². The van der Waals surface area contributed by atoms with Gasteiger partial charge in [-0.3, -0.25) is 18.9 Å². The molecule has 1 saturated heterocycles. The highest BCUT2D eigenvalue weighted by Gasteiger charge is 2.31. The molecule has 0 aliphatic carbocycles. The van der Waals surface area contributed by atoms with Crippen molar-refractivity contribution in [2.75, 3.05) is 19.0 Å². The molecule has 11 nitrogen and oxygen atoms in total. The summed E-state index contributed by atoms with van der Waals surface area (Å²) in [5.41, 5.74) is 0.913. The number of rotatable bonds is 10. The van der Waals surface area contributed by atoms with Gasteiger partial charge in [-0.15, -0.1) is 0 Å². The highest BCUT2D eigenvalue weighted by molar-refractivity contribution is 7.40. The Kier molecular flexibility index (Phi) is 8.98. The van der Waals surface area contributed by atoms with E-state index in [0.717, 1.165) is 0 Å². The molecule has 2 aromatic rings. The van der Waals surface area contributed by atoms with Gasteiger partial charge in [-0.2, -0.15) is 5.26 Å². The van der Waals surface area contributed by atoms with Crippen molar-refractivity contribution >= 4 is 32.9 Å². The molecule has 1 aromatic carbocycles. The average Bonchev–Trinajstić information content (AvgIpc) is 3.43. The Hall–Kier alpha value is -3.00. The Labute approximate surface area is 186 Å². The van der Waals surface area contributed by atoms with Crippen LogP contribution in [0.5, 0.6) is 0 Å². The summed E-state index contributed by atoms with van der Waals surface area (Å²) in [6.45, 7) is 0.0885. The first kappa shape index (κ1) is 23.7. The second-order valence-corrected chi connectivity index (χ2v) is 7.47. The zero-order valence-electron chi connectivity index (χ0n) is 17.4. The number of benzene rings is 1. The Balaban J connectivity index is 1.68. The third kappa shape index (κ3) is 6.50. The van der Waals surface area contributed by atoms with E-state index < -0.39 is 21.1 Å². The van der Waals surface area contributed by atoms with Crippen LogP contribution in [0.1, 0.15) is 41.5 Å². The van der Waals surface area contributed by atoms with Crippen LogP contribution in [0, 0.1) is 11.3 Å². The molecule has 32 heavy (non-hydrogen) atoms. The molecule has 3 atom stereocenters. The predicted octanol–water partition coefficient (Wildman–Crippen LogP) is 3.01. The third-order valence-electron chi connectivity index (χ3n) is 4.37. The quantitative estimate of drug-likeness (QED) is 0.239. The van der Waals surface area contributed by atoms with Crippen molar-refractivity contribution in [3.05, 3.63) is 47.9 Å². The molecule has 1 aliphatic rings. The summed E-state index contributed by atoms with van der Waals surface area (Å²) < 4.78 is 18.0. The van der Waals surface area contributed by atoms with E-state index in [1.807, 2.05) is 12.1 Å². The molecule has 12 heteroatoms. The van der Waals surface area contributed by atoms with Crippen LogP contribution in [0.15, 0.2) is 46.6 Å². The van der Waals surface area contributed by atoms with Gasteiger partial charge in [-0.25, -0.2) is 9.98 Å². The lowest BCUT2D eigenvalue weighted by molar-refractivity contribution is -0.101. The van der Waals surface area contributed by atoms with Crippen molar-refractivity contribution in [2.45, 2.75) is 31.8 Å². The van der Waals surface area contributed by atoms with Gasteiger partial charge in [0.2, 0.25) is 0 Å². The van der Waals surface area contributed by atoms with Crippen molar-refractivity contribution < 1.29 is 23.5 Å². The third-order valence-corrected chi connectivity index (χ3v) is 5.19. The molecule has 0 spiro atoms. The summed E-state index contributed by atoms with van der Waals surface area (Å²) in [4.78, 5) is 34.4. The number of nitrogens with zero attached hydrogens (tertiary/aromatic N) is 5. The van der Waals surface area contributed by atoms with Gasteiger partial charge < -0.3 is 19.5 Å². The summed E-state index contributed by atoms with van der Waals surface area (Å²) in [5.74, 6) is 0.163. The molecule has 1 amide bonds. The monoisotopic (exact) mass is 458 g/mol. The molecule has 2 heterocycles. The summed E-state index contributed by atoms with van der Waals surface area (Å²) >= 11 is 0. The molecule has 1 aromatic heterocycles. The Morgan fingerprint density at radius 1 is 1.47 bits per heavy atom. The van der Waals surface area contributed by atoms with E-state index in [4.69, 9.17) is 19.0 Å². The van der Waals surface area contributed by atoms with E-state index in [-0.39, 0.29) is 18.9 Å². The summed E-state index contributed by atoms with van der Waals surface area (Å²) in [5, 5.41) is 11.5. The second kappa shape index (κ2) is 12.1. The van der Waals surface area contributed by atoms with Crippen LogP contribution < -0.4 is 5.32 Å². The van der Waals surface area contributed by atoms with E-state index in [1.165, 1.54) is 12.6 Å². The molecule has 1 aliphatic heterocycles. The van der Waals surface area contributed by atoms with Gasteiger partial charge in [0.25, 0.3) is 5.91 Å². The molecular formula is C20H23N6O5P. The average molecular weight is 458 g/mol. The molecule has 3 unspecified atom stereocenters. The fourth-order valence-corrected chi connectivity index (χ4v) is 3.57. The lowest BCUT2D eigenvalue weighted by Crippen LogP contribution is -2.15. The molecule has 0 bridgehead atoms. The number of amides is 1. The summed E-state index contributed by atoms with van der Waals surface area (Å²) in [7, 11) is -0.517. The largest absolute Gasteiger partial charge is 0.332 e. The number of aliphatic imine (C=N–C) groups is 2. The number of ether oxygens (including phenoxy) is 1. The molecule has 168 valence electrons. The number of carbonyl (C=O) groups excluding carboxylic acids is 1. The van der Waals surface area contributed by atoms with Crippen LogP contribution in [0.3, 0.4) is 0 Å². The number of hydrogen-bond donors (Lipinski definition) is 2. The first-order valence-corrected chi connectivity index (χ1v) is 10.9. The van der Waals surface area contributed by atoms with Gasteiger partial charge >= 0.3 is 8.60 Å². The SMILES string of the molecule is CN=CNc1c(C=NC(=O)c2ccccc2)ncn1C1CCC(OP(O)OCCC#N)O1. The number of carbonyl (C=O) groups is 1. The van der Waals surface area contributed by atoms with Crippen LogP contribution in [0.4, 0.5) is 5.82 Å². The van der Waals surface area contributed by atoms with E-state index in [2.05, 4.69) is 20.3 Å². The minimum atomic E-state index is -2.13. The Morgan fingerprint density at radius 3 is 3.03 bits per heavy atom. The fourth-order valence-electron chi connectivity index (χ4n) is 2.91. The first-order valence-electron chi connectivity index (χ1n) is 9.81. The van der Waals surface area contributed by atoms with E-state index in [0.29, 0.717) is 29.9 Å². The Morgan fingerprint density at radius 2 is 2.28 bits per heavy atom. The maximum atomic E-state index is 12.3. The molecule has 0 radical (unpaired) electrons. The van der Waals surface area contributed by atoms with E-state index >= 15 is 0 Å². The first-order chi connectivity index (χ1) is 15.6. The number of anilines is 1. The number of nitriles is 1. The minimum Gasteiger partial charge on any atom is -0.331 e. The van der Waals surface area contributed by atoms with Crippen molar-refractivity contribution in [1.29, 1.82) is 5.26 Å². The van der Waals surface area contributed by atoms with Crippen LogP contribution >= 0.6 is 8.60 Å². The van der Waals surface area contributed by atoms with Crippen LogP contribution in [-0.4, -0.2) is 52.8 Å². The molecule has 2 N–H and O–H groups in total. The van der Waals surface area contributed by atoms with Gasteiger partial charge in [0.1, 0.15) is 17.7 Å². The van der Waals surface area contributed by atoms with E-state index in [1.54, 1.807) is 42.2 Å². The standard InChI is InChI=1S/C20H23N6O5P/c1-22-13-24-19-16(12-23-20(27)15-6-3-2-4-7-15)25-14-26(19)17-8-9-18(30-17)31-32(28)29-11-5-10-21/h2-4,6-7,12-14,17-18,28H,5,8-9,11H2,1H3,(H,22,24). The zero-order valence-corrected chi connectivity index (χ0v) is 18.3. The zero-order chi connectivity index (χ0) is 22.8. The smallest absolute Gasteiger partial charge is 0.331 e. The van der Waals surface area contributed by atoms with Gasteiger partial charge in [0, 0.05) is 19.0 Å². The maximum Gasteiger partial charge on any atom is 0.332 e.